The summed E-state index contributed by atoms with van der Waals surface area (Å²) in [6, 6.07) is 31.9. The zero-order valence-corrected chi connectivity index (χ0v) is 17.5. The molecule has 2 N–H and O–H groups in total. The molecule has 0 radical (unpaired) electrons. The summed E-state index contributed by atoms with van der Waals surface area (Å²) in [5.41, 5.74) is 3.50. The largest absolute Gasteiger partial charge is 0.396 e. The molecule has 0 bridgehead atoms. The van der Waals surface area contributed by atoms with Crippen LogP contribution in [0.5, 0.6) is 0 Å². The van der Waals surface area contributed by atoms with Gasteiger partial charge in [-0.2, -0.15) is 0 Å². The van der Waals surface area contributed by atoms with Gasteiger partial charge in [-0.05, 0) is 42.9 Å². The molecule has 4 rings (SSSR count). The lowest BCUT2D eigenvalue weighted by atomic mass is 9.77. The molecule has 0 aliphatic carbocycles. The van der Waals surface area contributed by atoms with Crippen LogP contribution in [-0.2, 0) is 5.41 Å². The smallest absolute Gasteiger partial charge is 0.108 e. The van der Waals surface area contributed by atoms with E-state index in [1.807, 2.05) is 0 Å². The summed E-state index contributed by atoms with van der Waals surface area (Å²) in [6.45, 7) is 2.50. The van der Waals surface area contributed by atoms with Crippen molar-refractivity contribution >= 4 is 5.84 Å². The molecule has 3 nitrogen and oxygen atoms in total. The second kappa shape index (κ2) is 9.27. The van der Waals surface area contributed by atoms with E-state index in [1.165, 1.54) is 16.7 Å². The third-order valence-corrected chi connectivity index (χ3v) is 6.19. The minimum Gasteiger partial charge on any atom is -0.396 e. The number of hydrogen-bond donors (Lipinski definition) is 2. The summed E-state index contributed by atoms with van der Waals surface area (Å²) >= 11 is 0. The summed E-state index contributed by atoms with van der Waals surface area (Å²) in [7, 11) is 0. The van der Waals surface area contributed by atoms with Gasteiger partial charge < -0.3 is 10.4 Å². The lowest BCUT2D eigenvalue weighted by molar-refractivity contribution is 0.279. The molecule has 0 saturated carbocycles. The number of aliphatic hydroxyl groups excluding tert-OH is 1. The summed E-state index contributed by atoms with van der Waals surface area (Å²) in [5, 5.41) is 13.1. The van der Waals surface area contributed by atoms with Crippen molar-refractivity contribution in [1.82, 2.24) is 5.32 Å². The van der Waals surface area contributed by atoms with Gasteiger partial charge in [-0.15, -0.1) is 0 Å². The number of benzene rings is 3. The third-order valence-electron chi connectivity index (χ3n) is 6.19. The van der Waals surface area contributed by atoms with Gasteiger partial charge >= 0.3 is 0 Å². The Balaban J connectivity index is 1.75. The summed E-state index contributed by atoms with van der Waals surface area (Å²) in [6.07, 6.45) is 2.70. The Labute approximate surface area is 179 Å². The van der Waals surface area contributed by atoms with Crippen molar-refractivity contribution < 1.29 is 5.11 Å². The molecule has 154 valence electrons. The molecule has 30 heavy (non-hydrogen) atoms. The average Bonchev–Trinajstić information content (AvgIpc) is 3.27. The first-order valence-electron chi connectivity index (χ1n) is 10.8. The molecule has 1 aliphatic rings. The van der Waals surface area contributed by atoms with E-state index in [0.717, 1.165) is 25.1 Å². The van der Waals surface area contributed by atoms with E-state index < -0.39 is 0 Å². The number of nitrogens with zero attached hydrogens (tertiary/aromatic N) is 1. The molecular formula is C27H30N2O. The highest BCUT2D eigenvalue weighted by molar-refractivity contribution is 5.94. The summed E-state index contributed by atoms with van der Waals surface area (Å²) in [5.74, 6) is 1.04. The van der Waals surface area contributed by atoms with Crippen molar-refractivity contribution in [3.05, 3.63) is 108 Å². The maximum atomic E-state index is 9.33. The average molecular weight is 399 g/mol. The molecule has 3 heteroatoms. The van der Waals surface area contributed by atoms with Crippen LogP contribution in [0, 0.1) is 0 Å². The van der Waals surface area contributed by atoms with E-state index >= 15 is 0 Å². The first-order chi connectivity index (χ1) is 14.7. The Morgan fingerprint density at radius 2 is 1.37 bits per heavy atom. The van der Waals surface area contributed by atoms with Crippen LogP contribution in [0.4, 0.5) is 0 Å². The van der Waals surface area contributed by atoms with Gasteiger partial charge in [-0.25, -0.2) is 0 Å². The fourth-order valence-electron chi connectivity index (χ4n) is 4.42. The van der Waals surface area contributed by atoms with Crippen molar-refractivity contribution in [3.63, 3.8) is 0 Å². The second-order valence-electron chi connectivity index (χ2n) is 8.24. The fourth-order valence-corrected chi connectivity index (χ4v) is 4.42. The standard InChI is InChI=1S/C27H30N2O/c1-27(19-11-12-20-30,23-17-9-4-10-18-23)26-28-24(21-13-5-2-6-14-21)25(29-26)22-15-7-3-8-16-22/h2-10,13-18,24-25,30H,11-12,19-20H2,1H3,(H,28,29)/t24-,25-,27?/m1/s1. The van der Waals surface area contributed by atoms with E-state index in [0.29, 0.717) is 0 Å². The van der Waals surface area contributed by atoms with Gasteiger partial charge in [-0.1, -0.05) is 91.0 Å². The van der Waals surface area contributed by atoms with Crippen LogP contribution in [0.15, 0.2) is 96.0 Å². The van der Waals surface area contributed by atoms with Crippen LogP contribution in [0.2, 0.25) is 0 Å². The van der Waals surface area contributed by atoms with Gasteiger partial charge in [0.2, 0.25) is 0 Å². The lowest BCUT2D eigenvalue weighted by Crippen LogP contribution is -2.41. The predicted molar refractivity (Wildman–Crippen MR) is 124 cm³/mol. The molecule has 1 heterocycles. The van der Waals surface area contributed by atoms with E-state index in [4.69, 9.17) is 4.99 Å². The van der Waals surface area contributed by atoms with Crippen molar-refractivity contribution in [2.45, 2.75) is 43.7 Å². The Kier molecular flexibility index (Phi) is 6.29. The van der Waals surface area contributed by atoms with Crippen molar-refractivity contribution in [2.24, 2.45) is 4.99 Å². The van der Waals surface area contributed by atoms with Gasteiger partial charge in [0.25, 0.3) is 0 Å². The van der Waals surface area contributed by atoms with E-state index in [9.17, 15) is 5.11 Å². The molecule has 3 atom stereocenters. The van der Waals surface area contributed by atoms with Crippen LogP contribution >= 0.6 is 0 Å². The number of aliphatic imine (C=N–C) groups is 1. The monoisotopic (exact) mass is 398 g/mol. The minimum atomic E-state index is -0.229. The van der Waals surface area contributed by atoms with Crippen molar-refractivity contribution in [1.29, 1.82) is 0 Å². The van der Waals surface area contributed by atoms with Gasteiger partial charge in [0.1, 0.15) is 11.9 Å². The number of unbranched alkanes of at least 4 members (excludes halogenated alkanes) is 1. The van der Waals surface area contributed by atoms with Gasteiger partial charge in [0.05, 0.1) is 6.04 Å². The molecule has 0 spiro atoms. The van der Waals surface area contributed by atoms with Crippen molar-refractivity contribution in [3.8, 4) is 0 Å². The molecular weight excluding hydrogens is 368 g/mol. The Hall–Kier alpha value is -2.91. The minimum absolute atomic E-state index is 0.0319. The van der Waals surface area contributed by atoms with Crippen LogP contribution < -0.4 is 5.32 Å². The normalized spacial score (nSPS) is 20.3. The molecule has 0 aromatic heterocycles. The molecule has 0 saturated heterocycles. The second-order valence-corrected chi connectivity index (χ2v) is 8.24. The summed E-state index contributed by atoms with van der Waals surface area (Å²) < 4.78 is 0. The maximum Gasteiger partial charge on any atom is 0.108 e. The Morgan fingerprint density at radius 3 is 1.97 bits per heavy atom. The first-order valence-corrected chi connectivity index (χ1v) is 10.8. The predicted octanol–water partition coefficient (Wildman–Crippen LogP) is 5.59. The molecule has 1 aliphatic heterocycles. The molecule has 0 amide bonds. The topological polar surface area (TPSA) is 44.6 Å². The number of rotatable bonds is 8. The van der Waals surface area contributed by atoms with Crippen LogP contribution in [0.1, 0.15) is 55.0 Å². The third kappa shape index (κ3) is 4.17. The molecule has 3 aromatic carbocycles. The van der Waals surface area contributed by atoms with Gasteiger partial charge in [0.15, 0.2) is 0 Å². The Morgan fingerprint density at radius 1 is 0.800 bits per heavy atom. The molecule has 3 aromatic rings. The van der Waals surface area contributed by atoms with Gasteiger partial charge in [-0.3, -0.25) is 4.99 Å². The number of hydrogen-bond acceptors (Lipinski definition) is 3. The SMILES string of the molecule is CC(CCCCO)(C1=N[C@H](c2ccccc2)[C@@H](c2ccccc2)N1)c1ccccc1. The maximum absolute atomic E-state index is 9.33. The zero-order chi connectivity index (χ0) is 20.8. The highest BCUT2D eigenvalue weighted by Gasteiger charge is 2.40. The fraction of sp³-hybridized carbons (Fsp3) is 0.296. The number of nitrogens with one attached hydrogen (secondary N) is 1. The number of aliphatic hydroxyl groups is 1. The first kappa shape index (κ1) is 20.4. The summed E-state index contributed by atoms with van der Waals surface area (Å²) in [4.78, 5) is 5.29. The van der Waals surface area contributed by atoms with Crippen LogP contribution in [-0.4, -0.2) is 17.5 Å². The Bertz CT molecular complexity index is 956. The van der Waals surface area contributed by atoms with Gasteiger partial charge in [0, 0.05) is 12.0 Å². The van der Waals surface area contributed by atoms with E-state index in [-0.39, 0.29) is 24.1 Å². The number of amidine groups is 1. The van der Waals surface area contributed by atoms with Crippen LogP contribution in [0.3, 0.4) is 0 Å². The van der Waals surface area contributed by atoms with E-state index in [1.54, 1.807) is 0 Å². The highest BCUT2D eigenvalue weighted by atomic mass is 16.2. The highest BCUT2D eigenvalue weighted by Crippen LogP contribution is 2.41. The van der Waals surface area contributed by atoms with E-state index in [2.05, 4.69) is 103 Å². The van der Waals surface area contributed by atoms with Crippen LogP contribution in [0.25, 0.3) is 0 Å². The zero-order valence-electron chi connectivity index (χ0n) is 17.5. The molecule has 0 fully saturated rings. The molecule has 1 unspecified atom stereocenters. The lowest BCUT2D eigenvalue weighted by Gasteiger charge is -2.31. The quantitative estimate of drug-likeness (QED) is 0.486. The van der Waals surface area contributed by atoms with Crippen molar-refractivity contribution in [2.75, 3.05) is 6.61 Å².